The third-order valence-corrected chi connectivity index (χ3v) is 3.08. The summed E-state index contributed by atoms with van der Waals surface area (Å²) in [5, 5.41) is 9.34. The number of aliphatic hydroxyl groups is 1. The zero-order chi connectivity index (χ0) is 12.8. The lowest BCUT2D eigenvalue weighted by Gasteiger charge is -2.24. The number of hydrogen-bond acceptors (Lipinski definition) is 5. The molecule has 5 nitrogen and oxygen atoms in total. The van der Waals surface area contributed by atoms with E-state index in [-0.39, 0.29) is 31.0 Å². The molecule has 0 aromatic heterocycles. The molecule has 17 heavy (non-hydrogen) atoms. The van der Waals surface area contributed by atoms with Gasteiger partial charge in [-0.2, -0.15) is 0 Å². The quantitative estimate of drug-likeness (QED) is 0.789. The van der Waals surface area contributed by atoms with E-state index in [1.807, 2.05) is 34.6 Å². The smallest absolute Gasteiger partial charge is 0.164 e. The molecule has 2 saturated heterocycles. The van der Waals surface area contributed by atoms with Crippen molar-refractivity contribution < 1.29 is 24.1 Å². The van der Waals surface area contributed by atoms with Gasteiger partial charge >= 0.3 is 0 Å². The van der Waals surface area contributed by atoms with Crippen LogP contribution < -0.4 is 0 Å². The Labute approximate surface area is 102 Å². The molecule has 100 valence electrons. The highest BCUT2D eigenvalue weighted by molar-refractivity contribution is 4.93. The van der Waals surface area contributed by atoms with E-state index in [1.54, 1.807) is 0 Å². The summed E-state index contributed by atoms with van der Waals surface area (Å²) < 4.78 is 23.0. The van der Waals surface area contributed by atoms with Gasteiger partial charge < -0.3 is 24.1 Å². The molecule has 2 fully saturated rings. The number of ether oxygens (including phenoxy) is 4. The van der Waals surface area contributed by atoms with Gasteiger partial charge in [0.1, 0.15) is 18.3 Å². The molecule has 0 aliphatic carbocycles. The Morgan fingerprint density at radius 3 is 1.88 bits per heavy atom. The average molecular weight is 246 g/mol. The molecule has 5 heteroatoms. The van der Waals surface area contributed by atoms with Crippen molar-refractivity contribution in [1.29, 1.82) is 0 Å². The molecular formula is C12H22O5. The van der Waals surface area contributed by atoms with Crippen LogP contribution in [0, 0.1) is 0 Å². The fourth-order valence-corrected chi connectivity index (χ4v) is 2.58. The summed E-state index contributed by atoms with van der Waals surface area (Å²) in [6.07, 6.45) is -0.966. The predicted octanol–water partition coefficient (Wildman–Crippen LogP) is 1.04. The molecule has 2 heterocycles. The lowest BCUT2D eigenvalue weighted by atomic mass is 10.0. The molecule has 0 unspecified atom stereocenters. The molecule has 0 aromatic carbocycles. The van der Waals surface area contributed by atoms with Crippen molar-refractivity contribution in [1.82, 2.24) is 0 Å². The van der Waals surface area contributed by atoms with E-state index in [9.17, 15) is 5.11 Å². The van der Waals surface area contributed by atoms with Crippen molar-refractivity contribution in [2.24, 2.45) is 0 Å². The van der Waals surface area contributed by atoms with Crippen molar-refractivity contribution in [2.75, 3.05) is 6.61 Å². The van der Waals surface area contributed by atoms with Crippen LogP contribution in [0.5, 0.6) is 0 Å². The number of hydrogen-bond donors (Lipinski definition) is 1. The number of rotatable bonds is 2. The van der Waals surface area contributed by atoms with Crippen LogP contribution >= 0.6 is 0 Å². The SMILES string of the molecule is C[C@H]1OC(C)(C)O[C@@H]1[C@@H]1OC(C)(C)O[C@H]1CO. The predicted molar refractivity (Wildman–Crippen MR) is 60.4 cm³/mol. The minimum atomic E-state index is -0.687. The van der Waals surface area contributed by atoms with Gasteiger partial charge in [-0.1, -0.05) is 0 Å². The van der Waals surface area contributed by atoms with E-state index in [4.69, 9.17) is 18.9 Å². The Bertz CT molecular complexity index is 289. The van der Waals surface area contributed by atoms with E-state index in [0.717, 1.165) is 0 Å². The van der Waals surface area contributed by atoms with Crippen molar-refractivity contribution in [3.05, 3.63) is 0 Å². The first-order valence-electron chi connectivity index (χ1n) is 6.06. The fourth-order valence-electron chi connectivity index (χ4n) is 2.58. The largest absolute Gasteiger partial charge is 0.394 e. The maximum atomic E-state index is 9.34. The van der Waals surface area contributed by atoms with Crippen LogP contribution in [0.3, 0.4) is 0 Å². The first kappa shape index (κ1) is 13.2. The molecule has 1 N–H and O–H groups in total. The highest BCUT2D eigenvalue weighted by Gasteiger charge is 2.52. The van der Waals surface area contributed by atoms with Gasteiger partial charge in [0.2, 0.25) is 0 Å². The van der Waals surface area contributed by atoms with Gasteiger partial charge in [0.05, 0.1) is 12.7 Å². The lowest BCUT2D eigenvalue weighted by Crippen LogP contribution is -2.42. The van der Waals surface area contributed by atoms with Gasteiger partial charge in [0, 0.05) is 0 Å². The maximum absolute atomic E-state index is 9.34. The molecule has 0 saturated carbocycles. The van der Waals surface area contributed by atoms with Crippen LogP contribution in [-0.4, -0.2) is 47.7 Å². The van der Waals surface area contributed by atoms with Crippen LogP contribution in [0.2, 0.25) is 0 Å². The summed E-state index contributed by atoms with van der Waals surface area (Å²) in [5.41, 5.74) is 0. The van der Waals surface area contributed by atoms with E-state index < -0.39 is 11.6 Å². The second-order valence-electron chi connectivity index (χ2n) is 5.63. The summed E-state index contributed by atoms with van der Waals surface area (Å²) in [6, 6.07) is 0. The second kappa shape index (κ2) is 4.17. The standard InChI is InChI=1S/C12H22O5/c1-7-9(16-11(2,3)14-7)10-8(6-13)15-12(4,5)17-10/h7-10,13H,6H2,1-5H3/t7-,8+,9+,10-/m1/s1. The second-order valence-corrected chi connectivity index (χ2v) is 5.63. The topological polar surface area (TPSA) is 57.2 Å². The van der Waals surface area contributed by atoms with Gasteiger partial charge in [-0.15, -0.1) is 0 Å². The van der Waals surface area contributed by atoms with Crippen LogP contribution in [-0.2, 0) is 18.9 Å². The normalized spacial score (nSPS) is 44.1. The van der Waals surface area contributed by atoms with Gasteiger partial charge in [0.15, 0.2) is 11.6 Å². The third kappa shape index (κ3) is 2.63. The summed E-state index contributed by atoms with van der Waals surface area (Å²) >= 11 is 0. The first-order chi connectivity index (χ1) is 7.74. The molecule has 4 atom stereocenters. The van der Waals surface area contributed by atoms with E-state index in [2.05, 4.69) is 0 Å². The zero-order valence-corrected chi connectivity index (χ0v) is 11.1. The molecule has 2 aliphatic heterocycles. The van der Waals surface area contributed by atoms with Crippen molar-refractivity contribution >= 4 is 0 Å². The van der Waals surface area contributed by atoms with E-state index in [0.29, 0.717) is 0 Å². The molecule has 0 radical (unpaired) electrons. The maximum Gasteiger partial charge on any atom is 0.164 e. The van der Waals surface area contributed by atoms with Crippen molar-refractivity contribution in [3.63, 3.8) is 0 Å². The zero-order valence-electron chi connectivity index (χ0n) is 11.1. The Kier molecular flexibility index (Phi) is 3.25. The molecule has 0 aromatic rings. The van der Waals surface area contributed by atoms with Gasteiger partial charge in [-0.3, -0.25) is 0 Å². The average Bonchev–Trinajstić information content (AvgIpc) is 2.62. The highest BCUT2D eigenvalue weighted by atomic mass is 16.8. The van der Waals surface area contributed by atoms with Crippen LogP contribution in [0.1, 0.15) is 34.6 Å². The van der Waals surface area contributed by atoms with Crippen LogP contribution in [0.15, 0.2) is 0 Å². The Hall–Kier alpha value is -0.200. The molecule has 0 bridgehead atoms. The monoisotopic (exact) mass is 246 g/mol. The van der Waals surface area contributed by atoms with Crippen LogP contribution in [0.25, 0.3) is 0 Å². The minimum Gasteiger partial charge on any atom is -0.394 e. The number of aliphatic hydroxyl groups excluding tert-OH is 1. The molecule has 0 spiro atoms. The van der Waals surface area contributed by atoms with Crippen molar-refractivity contribution in [2.45, 2.75) is 70.6 Å². The summed E-state index contributed by atoms with van der Waals surface area (Å²) in [5.74, 6) is -1.30. The Balaban J connectivity index is 2.12. The van der Waals surface area contributed by atoms with Gasteiger partial charge in [-0.05, 0) is 34.6 Å². The molecule has 0 amide bonds. The summed E-state index contributed by atoms with van der Waals surface area (Å²) in [6.45, 7) is 9.28. The summed E-state index contributed by atoms with van der Waals surface area (Å²) in [4.78, 5) is 0. The van der Waals surface area contributed by atoms with E-state index in [1.165, 1.54) is 0 Å². The molecular weight excluding hydrogens is 224 g/mol. The lowest BCUT2D eigenvalue weighted by molar-refractivity contribution is -0.175. The highest BCUT2D eigenvalue weighted by Crippen LogP contribution is 2.37. The van der Waals surface area contributed by atoms with Gasteiger partial charge in [0.25, 0.3) is 0 Å². The Morgan fingerprint density at radius 2 is 1.41 bits per heavy atom. The minimum absolute atomic E-state index is 0.0819. The summed E-state index contributed by atoms with van der Waals surface area (Å²) in [7, 11) is 0. The molecule has 2 aliphatic rings. The van der Waals surface area contributed by atoms with Gasteiger partial charge in [-0.25, -0.2) is 0 Å². The van der Waals surface area contributed by atoms with Crippen molar-refractivity contribution in [3.8, 4) is 0 Å². The fraction of sp³-hybridized carbons (Fsp3) is 1.00. The Morgan fingerprint density at radius 1 is 0.882 bits per heavy atom. The van der Waals surface area contributed by atoms with Crippen LogP contribution in [0.4, 0.5) is 0 Å². The molecule has 2 rings (SSSR count). The third-order valence-electron chi connectivity index (χ3n) is 3.08. The first-order valence-corrected chi connectivity index (χ1v) is 6.06. The van der Waals surface area contributed by atoms with E-state index >= 15 is 0 Å².